The molecule has 14 heavy (non-hydrogen) atoms. The van der Waals surface area contributed by atoms with E-state index in [1.54, 1.807) is 13.2 Å². The van der Waals surface area contributed by atoms with Gasteiger partial charge >= 0.3 is 0 Å². The Balaban J connectivity index is 2.80. The molecule has 0 N–H and O–H groups in total. The number of hydrogen-bond acceptors (Lipinski definition) is 4. The van der Waals surface area contributed by atoms with Gasteiger partial charge in [0.05, 0.1) is 7.11 Å². The Morgan fingerprint density at radius 3 is 2.86 bits per heavy atom. The Morgan fingerprint density at radius 2 is 2.29 bits per heavy atom. The summed E-state index contributed by atoms with van der Waals surface area (Å²) in [5.41, 5.74) is 0. The van der Waals surface area contributed by atoms with E-state index in [0.29, 0.717) is 11.8 Å². The Bertz CT molecular complexity index is 283. The number of halogens is 1. The maximum absolute atomic E-state index is 5.68. The lowest BCUT2D eigenvalue weighted by Crippen LogP contribution is -2.25. The minimum absolute atomic E-state index is 0.572. The van der Waals surface area contributed by atoms with E-state index in [2.05, 4.69) is 21.8 Å². The molecule has 78 valence electrons. The molecular formula is C9H14ClN3O. The van der Waals surface area contributed by atoms with E-state index in [1.807, 2.05) is 0 Å². The standard InChI is InChI=1S/C9H14ClN3O/c1-3-13(5-4-10)8-6-9(14-2)12-7-11-8/h6-7H,3-5H2,1-2H3. The second-order valence-electron chi connectivity index (χ2n) is 2.69. The lowest BCUT2D eigenvalue weighted by Gasteiger charge is -2.20. The van der Waals surface area contributed by atoms with Gasteiger partial charge in [-0.05, 0) is 6.92 Å². The number of nitrogens with zero attached hydrogens (tertiary/aromatic N) is 3. The monoisotopic (exact) mass is 215 g/mol. The van der Waals surface area contributed by atoms with Gasteiger partial charge in [0.2, 0.25) is 5.88 Å². The van der Waals surface area contributed by atoms with Crippen LogP contribution in [0, 0.1) is 0 Å². The maximum atomic E-state index is 5.68. The van der Waals surface area contributed by atoms with Crippen molar-refractivity contribution in [3.8, 4) is 5.88 Å². The van der Waals surface area contributed by atoms with Crippen molar-refractivity contribution in [2.75, 3.05) is 31.0 Å². The van der Waals surface area contributed by atoms with Gasteiger partial charge in [-0.25, -0.2) is 9.97 Å². The summed E-state index contributed by atoms with van der Waals surface area (Å²) in [6.07, 6.45) is 1.49. The summed E-state index contributed by atoms with van der Waals surface area (Å²) in [6.45, 7) is 3.70. The van der Waals surface area contributed by atoms with Crippen LogP contribution in [0.5, 0.6) is 5.88 Å². The minimum atomic E-state index is 0.572. The van der Waals surface area contributed by atoms with Crippen LogP contribution in [0.3, 0.4) is 0 Å². The second-order valence-corrected chi connectivity index (χ2v) is 3.07. The van der Waals surface area contributed by atoms with Gasteiger partial charge < -0.3 is 9.64 Å². The molecular weight excluding hydrogens is 202 g/mol. The van der Waals surface area contributed by atoms with Gasteiger partial charge in [-0.3, -0.25) is 0 Å². The fraction of sp³-hybridized carbons (Fsp3) is 0.556. The number of ether oxygens (including phenoxy) is 1. The first-order chi connectivity index (χ1) is 6.81. The van der Waals surface area contributed by atoms with Gasteiger partial charge in [0.15, 0.2) is 0 Å². The molecule has 0 radical (unpaired) electrons. The molecule has 0 saturated carbocycles. The number of aromatic nitrogens is 2. The van der Waals surface area contributed by atoms with Crippen molar-refractivity contribution in [2.24, 2.45) is 0 Å². The molecule has 1 rings (SSSR count). The number of hydrogen-bond donors (Lipinski definition) is 0. The molecule has 0 atom stereocenters. The van der Waals surface area contributed by atoms with Crippen LogP contribution in [0.4, 0.5) is 5.82 Å². The van der Waals surface area contributed by atoms with Crippen molar-refractivity contribution in [1.82, 2.24) is 9.97 Å². The van der Waals surface area contributed by atoms with Crippen LogP contribution in [0.15, 0.2) is 12.4 Å². The van der Waals surface area contributed by atoms with Gasteiger partial charge in [-0.2, -0.15) is 0 Å². The van der Waals surface area contributed by atoms with E-state index in [0.717, 1.165) is 18.9 Å². The van der Waals surface area contributed by atoms with Crippen LogP contribution in [-0.4, -0.2) is 36.0 Å². The summed E-state index contributed by atoms with van der Waals surface area (Å²) >= 11 is 5.68. The molecule has 0 amide bonds. The molecule has 1 aromatic heterocycles. The van der Waals surface area contributed by atoms with Crippen molar-refractivity contribution in [3.05, 3.63) is 12.4 Å². The van der Waals surface area contributed by atoms with Gasteiger partial charge in [0, 0.05) is 25.0 Å². The highest BCUT2D eigenvalue weighted by Crippen LogP contribution is 2.14. The molecule has 0 aliphatic rings. The first-order valence-corrected chi connectivity index (χ1v) is 5.02. The van der Waals surface area contributed by atoms with Crippen molar-refractivity contribution in [3.63, 3.8) is 0 Å². The van der Waals surface area contributed by atoms with E-state index >= 15 is 0 Å². The highest BCUT2D eigenvalue weighted by molar-refractivity contribution is 6.18. The van der Waals surface area contributed by atoms with Gasteiger partial charge in [0.1, 0.15) is 12.1 Å². The summed E-state index contributed by atoms with van der Waals surface area (Å²) in [6, 6.07) is 1.80. The zero-order valence-corrected chi connectivity index (χ0v) is 9.16. The number of alkyl halides is 1. The highest BCUT2D eigenvalue weighted by Gasteiger charge is 2.06. The van der Waals surface area contributed by atoms with Crippen LogP contribution in [0.25, 0.3) is 0 Å². The predicted octanol–water partition coefficient (Wildman–Crippen LogP) is 1.55. The Labute approximate surface area is 88.9 Å². The average molecular weight is 216 g/mol. The van der Waals surface area contributed by atoms with Crippen molar-refractivity contribution in [1.29, 1.82) is 0 Å². The number of methoxy groups -OCH3 is 1. The third kappa shape index (κ3) is 2.73. The normalized spacial score (nSPS) is 9.93. The first kappa shape index (κ1) is 11.0. The van der Waals surface area contributed by atoms with Crippen LogP contribution in [-0.2, 0) is 0 Å². The van der Waals surface area contributed by atoms with E-state index < -0.39 is 0 Å². The van der Waals surface area contributed by atoms with Crippen LogP contribution in [0.1, 0.15) is 6.92 Å². The lowest BCUT2D eigenvalue weighted by atomic mass is 10.4. The highest BCUT2D eigenvalue weighted by atomic mass is 35.5. The lowest BCUT2D eigenvalue weighted by molar-refractivity contribution is 0.397. The molecule has 0 spiro atoms. The van der Waals surface area contributed by atoms with E-state index in [4.69, 9.17) is 16.3 Å². The summed E-state index contributed by atoms with van der Waals surface area (Å²) in [5.74, 6) is 2.00. The van der Waals surface area contributed by atoms with Crippen LogP contribution < -0.4 is 9.64 Å². The second kappa shape index (κ2) is 5.65. The maximum Gasteiger partial charge on any atom is 0.218 e. The minimum Gasteiger partial charge on any atom is -0.481 e. The van der Waals surface area contributed by atoms with E-state index in [-0.39, 0.29) is 0 Å². The van der Waals surface area contributed by atoms with Crippen LogP contribution >= 0.6 is 11.6 Å². The molecule has 0 aliphatic heterocycles. The molecule has 0 aromatic carbocycles. The molecule has 0 aliphatic carbocycles. The molecule has 4 nitrogen and oxygen atoms in total. The quantitative estimate of drug-likeness (QED) is 0.699. The van der Waals surface area contributed by atoms with Crippen molar-refractivity contribution < 1.29 is 4.74 Å². The summed E-state index contributed by atoms with van der Waals surface area (Å²) < 4.78 is 5.02. The van der Waals surface area contributed by atoms with Gasteiger partial charge in [-0.15, -0.1) is 11.6 Å². The molecule has 5 heteroatoms. The predicted molar refractivity (Wildman–Crippen MR) is 57.2 cm³/mol. The fourth-order valence-electron chi connectivity index (χ4n) is 1.15. The molecule has 1 aromatic rings. The first-order valence-electron chi connectivity index (χ1n) is 4.48. The zero-order valence-electron chi connectivity index (χ0n) is 8.40. The Morgan fingerprint density at radius 1 is 1.50 bits per heavy atom. The van der Waals surface area contributed by atoms with Crippen molar-refractivity contribution in [2.45, 2.75) is 6.92 Å². The zero-order chi connectivity index (χ0) is 10.4. The summed E-state index contributed by atoms with van der Waals surface area (Å²) in [5, 5.41) is 0. The topological polar surface area (TPSA) is 38.2 Å². The van der Waals surface area contributed by atoms with E-state index in [9.17, 15) is 0 Å². The summed E-state index contributed by atoms with van der Waals surface area (Å²) in [4.78, 5) is 10.2. The number of anilines is 1. The molecule has 1 heterocycles. The third-order valence-electron chi connectivity index (χ3n) is 1.90. The fourth-order valence-corrected chi connectivity index (χ4v) is 1.36. The average Bonchev–Trinajstić information content (AvgIpc) is 2.26. The van der Waals surface area contributed by atoms with E-state index in [1.165, 1.54) is 6.33 Å². The third-order valence-corrected chi connectivity index (χ3v) is 2.07. The molecule has 0 bridgehead atoms. The largest absolute Gasteiger partial charge is 0.481 e. The van der Waals surface area contributed by atoms with Gasteiger partial charge in [0.25, 0.3) is 0 Å². The molecule has 0 unspecified atom stereocenters. The Kier molecular flexibility index (Phi) is 4.46. The molecule has 0 fully saturated rings. The van der Waals surface area contributed by atoms with Gasteiger partial charge in [-0.1, -0.05) is 0 Å². The smallest absolute Gasteiger partial charge is 0.218 e. The Hall–Kier alpha value is -1.03. The van der Waals surface area contributed by atoms with Crippen LogP contribution in [0.2, 0.25) is 0 Å². The SMILES string of the molecule is CCN(CCCl)c1cc(OC)ncn1. The molecule has 0 saturated heterocycles. The van der Waals surface area contributed by atoms with Crippen molar-refractivity contribution >= 4 is 17.4 Å². The summed E-state index contributed by atoms with van der Waals surface area (Å²) in [7, 11) is 1.59. The number of rotatable bonds is 5.